The highest BCUT2D eigenvalue weighted by Gasteiger charge is 2.25. The second-order valence-corrected chi connectivity index (χ2v) is 8.06. The summed E-state index contributed by atoms with van der Waals surface area (Å²) in [6.07, 6.45) is 7.73. The SMILES string of the molecule is O=C(NCCCn1ccnc1)c1ccc(N2CCCCS2(=O)=O)cc1. The Morgan fingerprint density at radius 1 is 1.20 bits per heavy atom. The molecule has 1 aromatic carbocycles. The van der Waals surface area contributed by atoms with Crippen molar-refractivity contribution in [2.45, 2.75) is 25.8 Å². The summed E-state index contributed by atoms with van der Waals surface area (Å²) in [7, 11) is -3.22. The fourth-order valence-corrected chi connectivity index (χ4v) is 4.48. The number of benzene rings is 1. The zero-order valence-corrected chi connectivity index (χ0v) is 14.8. The zero-order chi connectivity index (χ0) is 17.7. The molecule has 7 nitrogen and oxygen atoms in total. The quantitative estimate of drug-likeness (QED) is 0.792. The molecule has 3 rings (SSSR count). The minimum atomic E-state index is -3.22. The summed E-state index contributed by atoms with van der Waals surface area (Å²) in [5.74, 6) is 0.0327. The number of amides is 1. The Labute approximate surface area is 147 Å². The Balaban J connectivity index is 1.53. The number of carbonyl (C=O) groups excluding carboxylic acids is 1. The molecule has 1 amide bonds. The average Bonchev–Trinajstić information content (AvgIpc) is 3.12. The van der Waals surface area contributed by atoms with Gasteiger partial charge in [0, 0.05) is 37.6 Å². The number of imidazole rings is 1. The second kappa shape index (κ2) is 7.69. The van der Waals surface area contributed by atoms with Crippen molar-refractivity contribution in [3.8, 4) is 0 Å². The monoisotopic (exact) mass is 362 g/mol. The molecule has 2 heterocycles. The van der Waals surface area contributed by atoms with E-state index in [-0.39, 0.29) is 11.7 Å². The molecule has 1 fully saturated rings. The van der Waals surface area contributed by atoms with E-state index >= 15 is 0 Å². The lowest BCUT2D eigenvalue weighted by Crippen LogP contribution is -2.37. The third-order valence-corrected chi connectivity index (χ3v) is 6.07. The molecule has 1 aromatic heterocycles. The first-order valence-electron chi connectivity index (χ1n) is 8.41. The van der Waals surface area contributed by atoms with Crippen LogP contribution in [0, 0.1) is 0 Å². The van der Waals surface area contributed by atoms with Crippen LogP contribution < -0.4 is 9.62 Å². The van der Waals surface area contributed by atoms with Crippen molar-refractivity contribution in [1.29, 1.82) is 0 Å². The van der Waals surface area contributed by atoms with E-state index in [0.717, 1.165) is 19.4 Å². The Hall–Kier alpha value is -2.35. The van der Waals surface area contributed by atoms with E-state index < -0.39 is 10.0 Å². The maximum Gasteiger partial charge on any atom is 0.251 e. The largest absolute Gasteiger partial charge is 0.352 e. The van der Waals surface area contributed by atoms with Crippen molar-refractivity contribution in [2.24, 2.45) is 0 Å². The Kier molecular flexibility index (Phi) is 5.37. The first-order chi connectivity index (χ1) is 12.1. The Morgan fingerprint density at radius 3 is 2.68 bits per heavy atom. The van der Waals surface area contributed by atoms with Gasteiger partial charge in [-0.05, 0) is 43.5 Å². The summed E-state index contributed by atoms with van der Waals surface area (Å²) in [5.41, 5.74) is 1.15. The molecule has 2 aromatic rings. The number of hydrogen-bond acceptors (Lipinski definition) is 4. The van der Waals surface area contributed by atoms with Gasteiger partial charge in [-0.15, -0.1) is 0 Å². The molecule has 0 aliphatic carbocycles. The van der Waals surface area contributed by atoms with E-state index in [0.29, 0.717) is 30.8 Å². The molecule has 25 heavy (non-hydrogen) atoms. The van der Waals surface area contributed by atoms with Crippen LogP contribution in [0.2, 0.25) is 0 Å². The number of nitrogens with zero attached hydrogens (tertiary/aromatic N) is 3. The van der Waals surface area contributed by atoms with Gasteiger partial charge in [-0.1, -0.05) is 0 Å². The van der Waals surface area contributed by atoms with Crippen LogP contribution in [-0.2, 0) is 16.6 Å². The number of aromatic nitrogens is 2. The van der Waals surface area contributed by atoms with Crippen LogP contribution in [0.4, 0.5) is 5.69 Å². The van der Waals surface area contributed by atoms with E-state index in [2.05, 4.69) is 10.3 Å². The molecule has 0 radical (unpaired) electrons. The summed E-state index contributed by atoms with van der Waals surface area (Å²) in [5, 5.41) is 2.87. The molecule has 1 aliphatic rings. The van der Waals surface area contributed by atoms with Gasteiger partial charge >= 0.3 is 0 Å². The lowest BCUT2D eigenvalue weighted by molar-refractivity contribution is 0.0952. The van der Waals surface area contributed by atoms with Crippen molar-refractivity contribution in [3.63, 3.8) is 0 Å². The van der Waals surface area contributed by atoms with Crippen LogP contribution in [-0.4, -0.2) is 42.7 Å². The predicted molar refractivity (Wildman–Crippen MR) is 96.0 cm³/mol. The molecule has 0 unspecified atom stereocenters. The highest BCUT2D eigenvalue weighted by molar-refractivity contribution is 7.92. The third-order valence-electron chi connectivity index (χ3n) is 4.20. The smallest absolute Gasteiger partial charge is 0.251 e. The normalized spacial score (nSPS) is 16.6. The molecule has 0 bridgehead atoms. The van der Waals surface area contributed by atoms with E-state index in [9.17, 15) is 13.2 Å². The summed E-state index contributed by atoms with van der Waals surface area (Å²) in [6, 6.07) is 6.74. The van der Waals surface area contributed by atoms with Gasteiger partial charge in [-0.3, -0.25) is 9.10 Å². The zero-order valence-electron chi connectivity index (χ0n) is 14.0. The first kappa shape index (κ1) is 17.5. The van der Waals surface area contributed by atoms with Crippen molar-refractivity contribution >= 4 is 21.6 Å². The highest BCUT2D eigenvalue weighted by atomic mass is 32.2. The number of hydrogen-bond donors (Lipinski definition) is 1. The molecule has 1 saturated heterocycles. The molecule has 134 valence electrons. The summed E-state index contributed by atoms with van der Waals surface area (Å²) in [6.45, 7) is 1.87. The van der Waals surface area contributed by atoms with Crippen molar-refractivity contribution in [2.75, 3.05) is 23.1 Å². The average molecular weight is 362 g/mol. The van der Waals surface area contributed by atoms with Gasteiger partial charge in [0.25, 0.3) is 5.91 Å². The number of rotatable bonds is 6. The lowest BCUT2D eigenvalue weighted by atomic mass is 10.2. The standard InChI is InChI=1S/C17H22N4O3S/c22-17(19-8-3-10-20-12-9-18-14-20)15-4-6-16(7-5-15)21-11-1-2-13-25(21,23)24/h4-7,9,12,14H,1-3,8,10-11,13H2,(H,19,22). The third kappa shape index (κ3) is 4.39. The van der Waals surface area contributed by atoms with Crippen LogP contribution in [0.25, 0.3) is 0 Å². The van der Waals surface area contributed by atoms with Crippen LogP contribution in [0.3, 0.4) is 0 Å². The maximum absolute atomic E-state index is 12.2. The van der Waals surface area contributed by atoms with Crippen LogP contribution in [0.15, 0.2) is 43.0 Å². The fraction of sp³-hybridized carbons (Fsp3) is 0.412. The molecular weight excluding hydrogens is 340 g/mol. The minimum absolute atomic E-state index is 0.154. The van der Waals surface area contributed by atoms with E-state index in [1.54, 1.807) is 36.8 Å². The van der Waals surface area contributed by atoms with Crippen LogP contribution >= 0.6 is 0 Å². The number of anilines is 1. The van der Waals surface area contributed by atoms with Gasteiger partial charge in [0.15, 0.2) is 0 Å². The van der Waals surface area contributed by atoms with Gasteiger partial charge < -0.3 is 9.88 Å². The van der Waals surface area contributed by atoms with Crippen LogP contribution in [0.5, 0.6) is 0 Å². The van der Waals surface area contributed by atoms with Crippen molar-refractivity contribution in [1.82, 2.24) is 14.9 Å². The van der Waals surface area contributed by atoms with Crippen molar-refractivity contribution < 1.29 is 13.2 Å². The minimum Gasteiger partial charge on any atom is -0.352 e. The van der Waals surface area contributed by atoms with Gasteiger partial charge in [-0.2, -0.15) is 0 Å². The molecule has 1 aliphatic heterocycles. The van der Waals surface area contributed by atoms with E-state index in [1.165, 1.54) is 4.31 Å². The molecule has 1 N–H and O–H groups in total. The lowest BCUT2D eigenvalue weighted by Gasteiger charge is -2.28. The first-order valence-corrected chi connectivity index (χ1v) is 10.0. The molecular formula is C17H22N4O3S. The maximum atomic E-state index is 12.2. The molecule has 0 saturated carbocycles. The second-order valence-electron chi connectivity index (χ2n) is 6.05. The molecule has 8 heteroatoms. The summed E-state index contributed by atoms with van der Waals surface area (Å²) in [4.78, 5) is 16.1. The number of sulfonamides is 1. The topological polar surface area (TPSA) is 84.3 Å². The van der Waals surface area contributed by atoms with Gasteiger partial charge in [0.1, 0.15) is 0 Å². The summed E-state index contributed by atoms with van der Waals surface area (Å²) < 4.78 is 27.6. The fourth-order valence-electron chi connectivity index (χ4n) is 2.84. The van der Waals surface area contributed by atoms with Gasteiger partial charge in [0.05, 0.1) is 17.8 Å². The Morgan fingerprint density at radius 2 is 2.00 bits per heavy atom. The predicted octanol–water partition coefficient (Wildman–Crippen LogP) is 1.63. The number of carbonyl (C=O) groups is 1. The van der Waals surface area contributed by atoms with E-state index in [4.69, 9.17) is 0 Å². The van der Waals surface area contributed by atoms with Gasteiger partial charge in [0.2, 0.25) is 10.0 Å². The number of nitrogens with one attached hydrogen (secondary N) is 1. The van der Waals surface area contributed by atoms with Gasteiger partial charge in [-0.25, -0.2) is 13.4 Å². The summed E-state index contributed by atoms with van der Waals surface area (Å²) >= 11 is 0. The van der Waals surface area contributed by atoms with Crippen molar-refractivity contribution in [3.05, 3.63) is 48.5 Å². The number of aryl methyl sites for hydroxylation is 1. The van der Waals surface area contributed by atoms with Crippen LogP contribution in [0.1, 0.15) is 29.6 Å². The highest BCUT2D eigenvalue weighted by Crippen LogP contribution is 2.23. The van der Waals surface area contributed by atoms with E-state index in [1.807, 2.05) is 10.8 Å². The molecule has 0 atom stereocenters. The molecule has 0 spiro atoms. The Bertz CT molecular complexity index is 801.